The highest BCUT2D eigenvalue weighted by molar-refractivity contribution is 9.10. The summed E-state index contributed by atoms with van der Waals surface area (Å²) in [5, 5.41) is 2.67. The van der Waals surface area contributed by atoms with Crippen LogP contribution in [0.2, 0.25) is 0 Å². The van der Waals surface area contributed by atoms with E-state index in [1.54, 1.807) is 29.2 Å². The molecule has 1 heterocycles. The van der Waals surface area contributed by atoms with E-state index < -0.39 is 17.8 Å². The Bertz CT molecular complexity index is 920. The summed E-state index contributed by atoms with van der Waals surface area (Å²) in [4.78, 5) is 38.9. The maximum atomic E-state index is 12.7. The van der Waals surface area contributed by atoms with E-state index in [4.69, 9.17) is 4.74 Å². The van der Waals surface area contributed by atoms with Crippen LogP contribution in [0.4, 0.5) is 11.4 Å². The van der Waals surface area contributed by atoms with E-state index in [1.165, 1.54) is 0 Å². The molecule has 30 heavy (non-hydrogen) atoms. The fraction of sp³-hybridized carbons (Fsp3) is 0.348. The van der Waals surface area contributed by atoms with E-state index in [0.717, 1.165) is 34.1 Å². The second-order valence-electron chi connectivity index (χ2n) is 7.20. The summed E-state index contributed by atoms with van der Waals surface area (Å²) in [5.74, 6) is -1.61. The molecule has 0 spiro atoms. The zero-order valence-corrected chi connectivity index (χ0v) is 18.7. The monoisotopic (exact) mass is 472 g/mol. The van der Waals surface area contributed by atoms with E-state index in [0.29, 0.717) is 5.69 Å². The number of esters is 1. The van der Waals surface area contributed by atoms with Crippen LogP contribution in [0.5, 0.6) is 0 Å². The second kappa shape index (κ2) is 9.89. The Morgan fingerprint density at radius 3 is 2.33 bits per heavy atom. The third-order valence-corrected chi connectivity index (χ3v) is 5.70. The number of carbonyl (C=O) groups excluding carboxylic acids is 3. The molecule has 2 aromatic rings. The lowest BCUT2D eigenvalue weighted by molar-refractivity contribution is -0.151. The number of nitrogens with one attached hydrogen (secondary N) is 1. The first-order valence-corrected chi connectivity index (χ1v) is 10.8. The van der Waals surface area contributed by atoms with Gasteiger partial charge in [-0.2, -0.15) is 0 Å². The third-order valence-electron chi connectivity index (χ3n) is 5.17. The molecule has 3 rings (SSSR count). The molecule has 7 heteroatoms. The first-order valence-electron chi connectivity index (χ1n) is 10.1. The van der Waals surface area contributed by atoms with E-state index >= 15 is 0 Å². The summed E-state index contributed by atoms with van der Waals surface area (Å²) >= 11 is 3.33. The van der Waals surface area contributed by atoms with Gasteiger partial charge in [-0.25, -0.2) is 0 Å². The van der Waals surface area contributed by atoms with Gasteiger partial charge >= 0.3 is 5.97 Å². The number of nitrogens with zero attached hydrogens (tertiary/aromatic N) is 1. The Hall–Kier alpha value is -2.67. The molecule has 1 N–H and O–H groups in total. The van der Waals surface area contributed by atoms with Crippen LogP contribution in [0.3, 0.4) is 0 Å². The Balaban J connectivity index is 1.60. The number of benzene rings is 2. The lowest BCUT2D eigenvalue weighted by atomic mass is 10.0. The number of aryl methyl sites for hydroxylation is 2. The number of anilines is 2. The van der Waals surface area contributed by atoms with Crippen molar-refractivity contribution in [3.05, 3.63) is 58.1 Å². The molecular weight excluding hydrogens is 448 g/mol. The topological polar surface area (TPSA) is 75.7 Å². The van der Waals surface area contributed by atoms with Gasteiger partial charge in [-0.3, -0.25) is 14.4 Å². The molecule has 0 unspecified atom stereocenters. The quantitative estimate of drug-likeness (QED) is 0.615. The van der Waals surface area contributed by atoms with Crippen molar-refractivity contribution in [3.63, 3.8) is 0 Å². The number of hydrogen-bond donors (Lipinski definition) is 1. The molecule has 2 amide bonds. The fourth-order valence-corrected chi connectivity index (χ4v) is 3.89. The zero-order valence-electron chi connectivity index (χ0n) is 17.1. The van der Waals surface area contributed by atoms with Crippen LogP contribution in [-0.2, 0) is 32.0 Å². The van der Waals surface area contributed by atoms with E-state index in [-0.39, 0.29) is 25.5 Å². The average Bonchev–Trinajstić information content (AvgIpc) is 3.14. The lowest BCUT2D eigenvalue weighted by Gasteiger charge is -2.23. The molecule has 1 saturated heterocycles. The van der Waals surface area contributed by atoms with Crippen molar-refractivity contribution in [1.82, 2.24) is 0 Å². The van der Waals surface area contributed by atoms with Crippen molar-refractivity contribution in [3.8, 4) is 0 Å². The van der Waals surface area contributed by atoms with Crippen molar-refractivity contribution in [1.29, 1.82) is 0 Å². The molecule has 1 atom stereocenters. The van der Waals surface area contributed by atoms with Gasteiger partial charge in [0.2, 0.25) is 5.91 Å². The van der Waals surface area contributed by atoms with Crippen molar-refractivity contribution in [2.75, 3.05) is 23.4 Å². The number of ether oxygens (including phenoxy) is 1. The van der Waals surface area contributed by atoms with E-state index in [9.17, 15) is 14.4 Å². The summed E-state index contributed by atoms with van der Waals surface area (Å²) in [6.07, 6.45) is 1.70. The van der Waals surface area contributed by atoms with Gasteiger partial charge in [0.05, 0.1) is 5.92 Å². The van der Waals surface area contributed by atoms with Gasteiger partial charge < -0.3 is 15.0 Å². The Morgan fingerprint density at radius 1 is 1.10 bits per heavy atom. The van der Waals surface area contributed by atoms with Gasteiger partial charge in [0, 0.05) is 28.8 Å². The molecule has 1 aliphatic rings. The van der Waals surface area contributed by atoms with Gasteiger partial charge in [-0.05, 0) is 48.2 Å². The first kappa shape index (κ1) is 22.0. The second-order valence-corrected chi connectivity index (χ2v) is 8.12. The minimum Gasteiger partial charge on any atom is -0.455 e. The predicted molar refractivity (Wildman–Crippen MR) is 119 cm³/mol. The van der Waals surface area contributed by atoms with Crippen LogP contribution in [-0.4, -0.2) is 30.9 Å². The molecular formula is C23H25BrN2O4. The minimum atomic E-state index is -0.576. The summed E-state index contributed by atoms with van der Waals surface area (Å²) in [7, 11) is 0. The smallest absolute Gasteiger partial charge is 0.311 e. The molecule has 0 aliphatic carbocycles. The van der Waals surface area contributed by atoms with E-state index in [2.05, 4.69) is 35.1 Å². The average molecular weight is 473 g/mol. The van der Waals surface area contributed by atoms with Crippen LogP contribution in [0.25, 0.3) is 0 Å². The Labute approximate surface area is 184 Å². The molecule has 2 aromatic carbocycles. The lowest BCUT2D eigenvalue weighted by Crippen LogP contribution is -2.29. The predicted octanol–water partition coefficient (Wildman–Crippen LogP) is 4.11. The van der Waals surface area contributed by atoms with Crippen LogP contribution in [0.15, 0.2) is 46.9 Å². The number of hydrogen-bond acceptors (Lipinski definition) is 4. The molecule has 1 fully saturated rings. The van der Waals surface area contributed by atoms with Crippen molar-refractivity contribution in [2.24, 2.45) is 5.92 Å². The SMILES string of the molecule is CCc1cccc(CC)c1N1C[C@@H](C(=O)OCC(=O)Nc2ccc(Br)cc2)CC1=O. The largest absolute Gasteiger partial charge is 0.455 e. The first-order chi connectivity index (χ1) is 14.4. The van der Waals surface area contributed by atoms with E-state index in [1.807, 2.05) is 18.2 Å². The van der Waals surface area contributed by atoms with Gasteiger partial charge in [0.25, 0.3) is 5.91 Å². The molecule has 0 bridgehead atoms. The van der Waals surface area contributed by atoms with Gasteiger partial charge in [-0.1, -0.05) is 48.0 Å². The molecule has 1 aliphatic heterocycles. The van der Waals surface area contributed by atoms with Crippen LogP contribution < -0.4 is 10.2 Å². The van der Waals surface area contributed by atoms with Crippen LogP contribution >= 0.6 is 15.9 Å². The normalized spacial score (nSPS) is 15.9. The standard InChI is InChI=1S/C23H25BrN2O4/c1-3-15-6-5-7-16(4-2)22(15)26-13-17(12-21(26)28)23(29)30-14-20(27)25-19-10-8-18(24)9-11-19/h5-11,17H,3-4,12-14H2,1-2H3,(H,25,27)/t17-/m0/s1. The minimum absolute atomic E-state index is 0.0909. The summed E-state index contributed by atoms with van der Waals surface area (Å²) in [5.41, 5.74) is 3.71. The van der Waals surface area contributed by atoms with Crippen LogP contribution in [0, 0.1) is 5.92 Å². The third kappa shape index (κ3) is 5.08. The van der Waals surface area contributed by atoms with Gasteiger partial charge in [-0.15, -0.1) is 0 Å². The van der Waals surface area contributed by atoms with Crippen molar-refractivity contribution >= 4 is 45.1 Å². The fourth-order valence-electron chi connectivity index (χ4n) is 3.63. The van der Waals surface area contributed by atoms with Gasteiger partial charge in [0.15, 0.2) is 6.61 Å². The summed E-state index contributed by atoms with van der Waals surface area (Å²) < 4.78 is 6.09. The zero-order chi connectivity index (χ0) is 21.7. The van der Waals surface area contributed by atoms with Crippen LogP contribution in [0.1, 0.15) is 31.4 Å². The highest BCUT2D eigenvalue weighted by Gasteiger charge is 2.37. The summed E-state index contributed by atoms with van der Waals surface area (Å²) in [6.45, 7) is 3.99. The Morgan fingerprint density at radius 2 is 1.73 bits per heavy atom. The molecule has 158 valence electrons. The number of rotatable bonds is 7. The molecule has 0 radical (unpaired) electrons. The molecule has 0 aromatic heterocycles. The van der Waals surface area contributed by atoms with Crippen molar-refractivity contribution < 1.29 is 19.1 Å². The highest BCUT2D eigenvalue weighted by Crippen LogP contribution is 2.32. The summed E-state index contributed by atoms with van der Waals surface area (Å²) in [6, 6.07) is 13.1. The maximum Gasteiger partial charge on any atom is 0.311 e. The van der Waals surface area contributed by atoms with Crippen molar-refractivity contribution in [2.45, 2.75) is 33.1 Å². The molecule has 0 saturated carbocycles. The highest BCUT2D eigenvalue weighted by atomic mass is 79.9. The number of amides is 2. The maximum absolute atomic E-state index is 12.7. The number of halogens is 1. The number of para-hydroxylation sites is 1. The Kier molecular flexibility index (Phi) is 7.26. The molecule has 6 nitrogen and oxygen atoms in total. The number of carbonyl (C=O) groups is 3. The van der Waals surface area contributed by atoms with Gasteiger partial charge in [0.1, 0.15) is 0 Å².